The molecule has 0 spiro atoms. The first-order chi connectivity index (χ1) is 6.02. The smallest absolute Gasteiger partial charge is 0.258 e. The monoisotopic (exact) mass is 243 g/mol. The molecule has 0 heterocycles. The van der Waals surface area contributed by atoms with Gasteiger partial charge in [0.25, 0.3) is 5.69 Å². The second kappa shape index (κ2) is 3.87. The number of benzene rings is 1. The van der Waals surface area contributed by atoms with E-state index in [0.29, 0.717) is 10.4 Å². The van der Waals surface area contributed by atoms with E-state index in [0.717, 1.165) is 5.56 Å². The Labute approximate surface area is 85.0 Å². The molecule has 1 aromatic carbocycles. The van der Waals surface area contributed by atoms with E-state index in [2.05, 4.69) is 15.9 Å². The summed E-state index contributed by atoms with van der Waals surface area (Å²) in [6.07, 6.45) is 0. The van der Waals surface area contributed by atoms with Crippen molar-refractivity contribution in [2.45, 2.75) is 19.8 Å². The molecule has 3 nitrogen and oxygen atoms in total. The van der Waals surface area contributed by atoms with Crippen LogP contribution < -0.4 is 0 Å². The Balaban J connectivity index is 3.19. The summed E-state index contributed by atoms with van der Waals surface area (Å²) in [7, 11) is 0. The average molecular weight is 244 g/mol. The zero-order valence-corrected chi connectivity index (χ0v) is 9.04. The lowest BCUT2D eigenvalue weighted by Crippen LogP contribution is -1.93. The second-order valence-corrected chi connectivity index (χ2v) is 3.98. The fourth-order valence-electron chi connectivity index (χ4n) is 1.03. The van der Waals surface area contributed by atoms with E-state index >= 15 is 0 Å². The summed E-state index contributed by atoms with van der Waals surface area (Å²) < 4.78 is 0.530. The fourth-order valence-corrected chi connectivity index (χ4v) is 1.42. The van der Waals surface area contributed by atoms with Crippen LogP contribution in [0.5, 0.6) is 0 Å². The van der Waals surface area contributed by atoms with Crippen LogP contribution in [0.3, 0.4) is 0 Å². The highest BCUT2D eigenvalue weighted by Gasteiger charge is 2.13. The van der Waals surface area contributed by atoms with E-state index < -0.39 is 0 Å². The van der Waals surface area contributed by atoms with Crippen LogP contribution in [0.4, 0.5) is 5.69 Å². The maximum atomic E-state index is 10.6. The van der Waals surface area contributed by atoms with Crippen molar-refractivity contribution in [3.8, 4) is 0 Å². The molecule has 4 heteroatoms. The highest BCUT2D eigenvalue weighted by Crippen LogP contribution is 2.28. The highest BCUT2D eigenvalue weighted by molar-refractivity contribution is 9.10. The van der Waals surface area contributed by atoms with Crippen LogP contribution in [-0.2, 0) is 0 Å². The van der Waals surface area contributed by atoms with E-state index in [4.69, 9.17) is 0 Å². The second-order valence-electron chi connectivity index (χ2n) is 3.12. The van der Waals surface area contributed by atoms with Gasteiger partial charge in [-0.3, -0.25) is 10.1 Å². The molecule has 0 N–H and O–H groups in total. The molecule has 0 unspecified atom stereocenters. The van der Waals surface area contributed by atoms with Crippen LogP contribution >= 0.6 is 15.9 Å². The summed E-state index contributed by atoms with van der Waals surface area (Å²) in [5, 5.41) is 10.6. The molecule has 0 bridgehead atoms. The number of nitro groups is 1. The Bertz CT molecular complexity index is 336. The molecule has 0 amide bonds. The summed E-state index contributed by atoms with van der Waals surface area (Å²) in [6, 6.07) is 5.21. The van der Waals surface area contributed by atoms with Gasteiger partial charge in [0, 0.05) is 6.07 Å². The quantitative estimate of drug-likeness (QED) is 0.590. The van der Waals surface area contributed by atoms with Gasteiger partial charge in [0.1, 0.15) is 0 Å². The number of nitro benzene ring substituents is 1. The van der Waals surface area contributed by atoms with Crippen molar-refractivity contribution in [3.05, 3.63) is 38.3 Å². The Morgan fingerprint density at radius 2 is 2.08 bits per heavy atom. The Morgan fingerprint density at radius 1 is 1.46 bits per heavy atom. The van der Waals surface area contributed by atoms with Gasteiger partial charge in [0.15, 0.2) is 0 Å². The summed E-state index contributed by atoms with van der Waals surface area (Å²) >= 11 is 3.14. The van der Waals surface area contributed by atoms with Crippen molar-refractivity contribution in [2.75, 3.05) is 0 Å². The zero-order chi connectivity index (χ0) is 10.0. The van der Waals surface area contributed by atoms with Crippen LogP contribution in [0.15, 0.2) is 22.7 Å². The van der Waals surface area contributed by atoms with Crippen LogP contribution in [-0.4, -0.2) is 4.92 Å². The predicted octanol–water partition coefficient (Wildman–Crippen LogP) is 3.48. The standard InChI is InChI=1S/C9H10BrNO2/c1-6(2)7-3-4-8(10)9(5-7)11(12)13/h3-6H,1-2H3. The lowest BCUT2D eigenvalue weighted by Gasteiger charge is -2.04. The largest absolute Gasteiger partial charge is 0.283 e. The van der Waals surface area contributed by atoms with E-state index in [1.165, 1.54) is 0 Å². The van der Waals surface area contributed by atoms with E-state index in [1.54, 1.807) is 12.1 Å². The molecule has 0 atom stereocenters. The molecule has 0 aliphatic carbocycles. The first-order valence-electron chi connectivity index (χ1n) is 3.96. The first-order valence-corrected chi connectivity index (χ1v) is 4.75. The Hall–Kier alpha value is -0.900. The molecule has 1 aromatic rings. The van der Waals surface area contributed by atoms with Gasteiger partial charge in [-0.1, -0.05) is 19.9 Å². The van der Waals surface area contributed by atoms with E-state index in [-0.39, 0.29) is 10.6 Å². The van der Waals surface area contributed by atoms with E-state index in [9.17, 15) is 10.1 Å². The number of halogens is 1. The normalized spacial score (nSPS) is 10.5. The average Bonchev–Trinajstić information content (AvgIpc) is 2.04. The van der Waals surface area contributed by atoms with Crippen molar-refractivity contribution in [1.82, 2.24) is 0 Å². The molecule has 0 saturated carbocycles. The molecule has 0 fully saturated rings. The molecule has 1 rings (SSSR count). The van der Waals surface area contributed by atoms with Crippen molar-refractivity contribution >= 4 is 21.6 Å². The lowest BCUT2D eigenvalue weighted by atomic mass is 10.0. The maximum absolute atomic E-state index is 10.6. The van der Waals surface area contributed by atoms with Gasteiger partial charge < -0.3 is 0 Å². The van der Waals surface area contributed by atoms with Crippen molar-refractivity contribution in [3.63, 3.8) is 0 Å². The number of nitrogens with zero attached hydrogens (tertiary/aromatic N) is 1. The summed E-state index contributed by atoms with van der Waals surface area (Å²) in [6.45, 7) is 4.01. The number of rotatable bonds is 2. The minimum absolute atomic E-state index is 0.131. The molecular formula is C9H10BrNO2. The van der Waals surface area contributed by atoms with Gasteiger partial charge in [-0.25, -0.2) is 0 Å². The topological polar surface area (TPSA) is 43.1 Å². The summed E-state index contributed by atoms with van der Waals surface area (Å²) in [4.78, 5) is 10.2. The van der Waals surface area contributed by atoms with Gasteiger partial charge in [-0.2, -0.15) is 0 Å². The lowest BCUT2D eigenvalue weighted by molar-refractivity contribution is -0.385. The molecule has 0 saturated heterocycles. The maximum Gasteiger partial charge on any atom is 0.283 e. The predicted molar refractivity (Wildman–Crippen MR) is 54.9 cm³/mol. The minimum atomic E-state index is -0.379. The van der Waals surface area contributed by atoms with Crippen molar-refractivity contribution in [2.24, 2.45) is 0 Å². The summed E-state index contributed by atoms with van der Waals surface area (Å²) in [5.74, 6) is 0.312. The van der Waals surface area contributed by atoms with E-state index in [1.807, 2.05) is 19.9 Å². The van der Waals surface area contributed by atoms with Crippen molar-refractivity contribution in [1.29, 1.82) is 0 Å². The number of hydrogen-bond acceptors (Lipinski definition) is 2. The molecule has 0 radical (unpaired) electrons. The SMILES string of the molecule is CC(C)c1ccc(Br)c([N+](=O)[O-])c1. The van der Waals surface area contributed by atoms with Crippen LogP contribution in [0.1, 0.15) is 25.3 Å². The third kappa shape index (κ3) is 2.28. The van der Waals surface area contributed by atoms with Gasteiger partial charge in [-0.05, 0) is 33.5 Å². The van der Waals surface area contributed by atoms with Gasteiger partial charge in [-0.15, -0.1) is 0 Å². The molecule has 13 heavy (non-hydrogen) atoms. The zero-order valence-electron chi connectivity index (χ0n) is 7.45. The fraction of sp³-hybridized carbons (Fsp3) is 0.333. The Morgan fingerprint density at radius 3 is 2.54 bits per heavy atom. The molecular weight excluding hydrogens is 234 g/mol. The first kappa shape index (κ1) is 10.2. The molecule has 70 valence electrons. The van der Waals surface area contributed by atoms with Crippen LogP contribution in [0.2, 0.25) is 0 Å². The van der Waals surface area contributed by atoms with Crippen LogP contribution in [0.25, 0.3) is 0 Å². The Kier molecular flexibility index (Phi) is 3.03. The molecule has 0 aromatic heterocycles. The third-order valence-electron chi connectivity index (χ3n) is 1.83. The highest BCUT2D eigenvalue weighted by atomic mass is 79.9. The van der Waals surface area contributed by atoms with Crippen molar-refractivity contribution < 1.29 is 4.92 Å². The number of hydrogen-bond donors (Lipinski definition) is 0. The minimum Gasteiger partial charge on any atom is -0.258 e. The third-order valence-corrected chi connectivity index (χ3v) is 2.50. The van der Waals surface area contributed by atoms with Crippen LogP contribution in [0, 0.1) is 10.1 Å². The summed E-state index contributed by atoms with van der Waals surface area (Å²) in [5.41, 5.74) is 1.11. The van der Waals surface area contributed by atoms with Gasteiger partial charge in [0.05, 0.1) is 9.40 Å². The molecule has 0 aliphatic heterocycles. The van der Waals surface area contributed by atoms with Gasteiger partial charge in [0.2, 0.25) is 0 Å². The molecule has 0 aliphatic rings. The van der Waals surface area contributed by atoms with Gasteiger partial charge >= 0.3 is 0 Å².